The maximum Gasteiger partial charge on any atom is 0.142 e. The molecular weight excluding hydrogens is 390 g/mol. The first-order valence-electron chi connectivity index (χ1n) is 11.3. The first kappa shape index (κ1) is 21.8. The lowest BCUT2D eigenvalue weighted by Crippen LogP contribution is -2.55. The third kappa shape index (κ3) is 5.25. The van der Waals surface area contributed by atoms with Crippen molar-refractivity contribution in [3.63, 3.8) is 0 Å². The lowest BCUT2D eigenvalue weighted by atomic mass is 10.0. The molecule has 2 aliphatic rings. The summed E-state index contributed by atoms with van der Waals surface area (Å²) in [7, 11) is 5.17. The van der Waals surface area contributed by atoms with E-state index in [9.17, 15) is 0 Å². The molecule has 2 saturated heterocycles. The van der Waals surface area contributed by atoms with Gasteiger partial charge in [-0.2, -0.15) is 0 Å². The number of benzene rings is 2. The SMILES string of the molecule is COc1cc(CN2CCCC(N3CCN(c4ccccc4OC)CC3)C2)cc(OC)c1. The quantitative estimate of drug-likeness (QED) is 0.676. The van der Waals surface area contributed by atoms with Gasteiger partial charge in [0.2, 0.25) is 0 Å². The lowest BCUT2D eigenvalue weighted by molar-refractivity contribution is 0.0886. The van der Waals surface area contributed by atoms with E-state index < -0.39 is 0 Å². The lowest BCUT2D eigenvalue weighted by Gasteiger charge is -2.44. The molecule has 0 N–H and O–H groups in total. The molecule has 1 atom stereocenters. The minimum absolute atomic E-state index is 0.626. The van der Waals surface area contributed by atoms with Gasteiger partial charge < -0.3 is 19.1 Å². The average Bonchev–Trinajstić information content (AvgIpc) is 2.84. The molecule has 0 saturated carbocycles. The standard InChI is InChI=1S/C25H35N3O3/c1-29-22-15-20(16-23(17-22)30-2)18-26-10-6-7-21(19-26)27-11-13-28(14-12-27)24-8-4-5-9-25(24)31-3/h4-5,8-9,15-17,21H,6-7,10-14,18-19H2,1-3H3. The Morgan fingerprint density at radius 1 is 0.839 bits per heavy atom. The number of piperazine rings is 1. The minimum Gasteiger partial charge on any atom is -0.497 e. The molecule has 0 aromatic heterocycles. The highest BCUT2D eigenvalue weighted by Gasteiger charge is 2.29. The number of likely N-dealkylation sites (tertiary alicyclic amines) is 1. The Balaban J connectivity index is 1.34. The van der Waals surface area contributed by atoms with Gasteiger partial charge in [-0.05, 0) is 49.2 Å². The summed E-state index contributed by atoms with van der Waals surface area (Å²) in [6, 6.07) is 15.2. The van der Waals surface area contributed by atoms with E-state index in [2.05, 4.69) is 39.0 Å². The Bertz CT molecular complexity index is 829. The molecule has 2 aliphatic heterocycles. The van der Waals surface area contributed by atoms with Gasteiger partial charge in [0.05, 0.1) is 27.0 Å². The fourth-order valence-electron chi connectivity index (χ4n) is 4.91. The number of nitrogens with zero attached hydrogens (tertiary/aromatic N) is 3. The van der Waals surface area contributed by atoms with E-state index in [1.165, 1.54) is 24.1 Å². The van der Waals surface area contributed by atoms with Gasteiger partial charge in [-0.25, -0.2) is 0 Å². The summed E-state index contributed by atoms with van der Waals surface area (Å²) in [6.07, 6.45) is 2.53. The maximum absolute atomic E-state index is 5.57. The van der Waals surface area contributed by atoms with E-state index in [0.29, 0.717) is 6.04 Å². The summed E-state index contributed by atoms with van der Waals surface area (Å²) in [5.74, 6) is 2.68. The van der Waals surface area contributed by atoms with Gasteiger partial charge in [0.25, 0.3) is 0 Å². The van der Waals surface area contributed by atoms with Crippen LogP contribution in [0, 0.1) is 0 Å². The van der Waals surface area contributed by atoms with Crippen LogP contribution in [0.5, 0.6) is 17.2 Å². The Kier molecular flexibility index (Phi) is 7.20. The number of rotatable bonds is 7. The molecule has 0 bridgehead atoms. The third-order valence-corrected chi connectivity index (χ3v) is 6.55. The molecule has 1 unspecified atom stereocenters. The van der Waals surface area contributed by atoms with Gasteiger partial charge >= 0.3 is 0 Å². The molecule has 0 aliphatic carbocycles. The van der Waals surface area contributed by atoms with Crippen molar-refractivity contribution in [2.24, 2.45) is 0 Å². The second kappa shape index (κ2) is 10.2. The molecular formula is C25H35N3O3. The van der Waals surface area contributed by atoms with Crippen LogP contribution in [0.3, 0.4) is 0 Å². The molecule has 2 heterocycles. The molecule has 4 rings (SSSR count). The van der Waals surface area contributed by atoms with Gasteiger partial charge in [0, 0.05) is 51.4 Å². The summed E-state index contributed by atoms with van der Waals surface area (Å²) in [5.41, 5.74) is 2.46. The van der Waals surface area contributed by atoms with E-state index in [-0.39, 0.29) is 0 Å². The highest BCUT2D eigenvalue weighted by molar-refractivity contribution is 5.58. The first-order valence-corrected chi connectivity index (χ1v) is 11.3. The number of para-hydroxylation sites is 2. The largest absolute Gasteiger partial charge is 0.497 e. The van der Waals surface area contributed by atoms with Crippen molar-refractivity contribution in [2.75, 3.05) is 65.5 Å². The van der Waals surface area contributed by atoms with Crippen molar-refractivity contribution in [2.45, 2.75) is 25.4 Å². The Hall–Kier alpha value is -2.44. The van der Waals surface area contributed by atoms with Crippen molar-refractivity contribution in [3.8, 4) is 17.2 Å². The van der Waals surface area contributed by atoms with Crippen LogP contribution in [-0.4, -0.2) is 76.4 Å². The van der Waals surface area contributed by atoms with Gasteiger partial charge in [-0.3, -0.25) is 9.80 Å². The van der Waals surface area contributed by atoms with Crippen LogP contribution in [0.25, 0.3) is 0 Å². The van der Waals surface area contributed by atoms with Crippen LogP contribution in [0.1, 0.15) is 18.4 Å². The van der Waals surface area contributed by atoms with Gasteiger partial charge in [0.15, 0.2) is 0 Å². The van der Waals surface area contributed by atoms with Crippen LogP contribution < -0.4 is 19.1 Å². The summed E-state index contributed by atoms with van der Waals surface area (Å²) >= 11 is 0. The van der Waals surface area contributed by atoms with Gasteiger partial charge in [0.1, 0.15) is 17.2 Å². The fourth-order valence-corrected chi connectivity index (χ4v) is 4.91. The van der Waals surface area contributed by atoms with Gasteiger partial charge in [-0.1, -0.05) is 12.1 Å². The normalized spacial score (nSPS) is 20.5. The number of methoxy groups -OCH3 is 3. The van der Waals surface area contributed by atoms with Crippen LogP contribution in [0.15, 0.2) is 42.5 Å². The predicted molar refractivity (Wildman–Crippen MR) is 125 cm³/mol. The van der Waals surface area contributed by atoms with E-state index in [1.807, 2.05) is 18.2 Å². The van der Waals surface area contributed by atoms with E-state index >= 15 is 0 Å². The highest BCUT2D eigenvalue weighted by Crippen LogP contribution is 2.30. The monoisotopic (exact) mass is 425 g/mol. The van der Waals surface area contributed by atoms with Crippen molar-refractivity contribution in [1.29, 1.82) is 0 Å². The molecule has 2 aromatic rings. The van der Waals surface area contributed by atoms with Crippen LogP contribution in [-0.2, 0) is 6.54 Å². The Labute approximate surface area is 186 Å². The molecule has 168 valence electrons. The fraction of sp³-hybridized carbons (Fsp3) is 0.520. The number of ether oxygens (including phenoxy) is 3. The topological polar surface area (TPSA) is 37.4 Å². The molecule has 0 spiro atoms. The van der Waals surface area contributed by atoms with Crippen molar-refractivity contribution in [3.05, 3.63) is 48.0 Å². The smallest absolute Gasteiger partial charge is 0.142 e. The Morgan fingerprint density at radius 3 is 2.23 bits per heavy atom. The molecule has 6 nitrogen and oxygen atoms in total. The van der Waals surface area contributed by atoms with Crippen molar-refractivity contribution in [1.82, 2.24) is 9.80 Å². The van der Waals surface area contributed by atoms with Crippen LogP contribution >= 0.6 is 0 Å². The number of anilines is 1. The third-order valence-electron chi connectivity index (χ3n) is 6.55. The molecule has 2 fully saturated rings. The summed E-state index contributed by atoms with van der Waals surface area (Å²) < 4.78 is 16.5. The summed E-state index contributed by atoms with van der Waals surface area (Å²) in [6.45, 7) is 7.50. The summed E-state index contributed by atoms with van der Waals surface area (Å²) in [5, 5.41) is 0. The minimum atomic E-state index is 0.626. The van der Waals surface area contributed by atoms with E-state index in [0.717, 1.165) is 63.1 Å². The Morgan fingerprint density at radius 2 is 1.55 bits per heavy atom. The van der Waals surface area contributed by atoms with E-state index in [4.69, 9.17) is 14.2 Å². The molecule has 2 aromatic carbocycles. The summed E-state index contributed by atoms with van der Waals surface area (Å²) in [4.78, 5) is 7.72. The molecule has 0 amide bonds. The number of hydrogen-bond acceptors (Lipinski definition) is 6. The van der Waals surface area contributed by atoms with Crippen LogP contribution in [0.4, 0.5) is 5.69 Å². The zero-order valence-electron chi connectivity index (χ0n) is 19.0. The molecule has 6 heteroatoms. The number of hydrogen-bond donors (Lipinski definition) is 0. The second-order valence-electron chi connectivity index (χ2n) is 8.45. The first-order chi connectivity index (χ1) is 15.2. The molecule has 0 radical (unpaired) electrons. The van der Waals surface area contributed by atoms with Crippen molar-refractivity contribution >= 4 is 5.69 Å². The van der Waals surface area contributed by atoms with Crippen molar-refractivity contribution < 1.29 is 14.2 Å². The maximum atomic E-state index is 5.57. The van der Waals surface area contributed by atoms with Crippen LogP contribution in [0.2, 0.25) is 0 Å². The molecule has 31 heavy (non-hydrogen) atoms. The zero-order valence-corrected chi connectivity index (χ0v) is 19.0. The van der Waals surface area contributed by atoms with Gasteiger partial charge in [-0.15, -0.1) is 0 Å². The predicted octanol–water partition coefficient (Wildman–Crippen LogP) is 3.50. The van der Waals surface area contributed by atoms with E-state index in [1.54, 1.807) is 21.3 Å². The second-order valence-corrected chi connectivity index (χ2v) is 8.45. The number of piperidine rings is 1. The zero-order chi connectivity index (χ0) is 21.6. The average molecular weight is 426 g/mol. The highest BCUT2D eigenvalue weighted by atomic mass is 16.5.